The van der Waals surface area contributed by atoms with Crippen molar-refractivity contribution in [3.8, 4) is 0 Å². The third-order valence-corrected chi connectivity index (χ3v) is 1.87. The van der Waals surface area contributed by atoms with Crippen LogP contribution >= 0.6 is 0 Å². The predicted octanol–water partition coefficient (Wildman–Crippen LogP) is 2.02. The molecule has 1 aromatic rings. The molecule has 1 heteroatoms. The quantitative estimate of drug-likeness (QED) is 0.524. The summed E-state index contributed by atoms with van der Waals surface area (Å²) in [6.45, 7) is 0. The smallest absolute Gasteiger partial charge is 0.128 e. The average molecular weight is 155 g/mol. The van der Waals surface area contributed by atoms with Gasteiger partial charge >= 0.3 is 0 Å². The molecule has 0 fully saturated rings. The maximum Gasteiger partial charge on any atom is 0.128 e. The average Bonchev–Trinajstić information content (AvgIpc) is 2.17. The third kappa shape index (κ3) is 1.11. The Morgan fingerprint density at radius 1 is 1.00 bits per heavy atom. The monoisotopic (exact) mass is 155 g/mol. The van der Waals surface area contributed by atoms with Gasteiger partial charge in [-0.25, -0.2) is 4.79 Å². The lowest BCUT2D eigenvalue weighted by Gasteiger charge is -2.08. The molecule has 1 radical (unpaired) electrons. The largest absolute Gasteiger partial charge is 0.233 e. The zero-order valence-electron chi connectivity index (χ0n) is 6.45. The van der Waals surface area contributed by atoms with E-state index in [0.29, 0.717) is 5.57 Å². The van der Waals surface area contributed by atoms with Crippen molar-refractivity contribution in [2.45, 2.75) is 0 Å². The molecular weight excluding hydrogens is 148 g/mol. The molecule has 0 unspecified atom stereocenters. The fourth-order valence-electron chi connectivity index (χ4n) is 1.25. The van der Waals surface area contributed by atoms with Gasteiger partial charge < -0.3 is 0 Å². The number of hydrogen-bond acceptors (Lipinski definition) is 1. The molecule has 1 aromatic carbocycles. The number of hydrogen-bond donors (Lipinski definition) is 0. The Morgan fingerprint density at radius 3 is 2.50 bits per heavy atom. The van der Waals surface area contributed by atoms with Crippen LogP contribution in [0, 0.1) is 6.42 Å². The molecule has 0 aromatic heterocycles. The van der Waals surface area contributed by atoms with Crippen molar-refractivity contribution < 1.29 is 4.79 Å². The van der Waals surface area contributed by atoms with Gasteiger partial charge in [-0.15, -0.1) is 0 Å². The molecule has 0 saturated carbocycles. The fourth-order valence-corrected chi connectivity index (χ4v) is 1.25. The highest BCUT2D eigenvalue weighted by Crippen LogP contribution is 2.21. The van der Waals surface area contributed by atoms with E-state index in [0.717, 1.165) is 11.1 Å². The SMILES string of the molecule is O=C=C1[CH]c2ccccc2C=C1. The first-order valence-corrected chi connectivity index (χ1v) is 3.77. The summed E-state index contributed by atoms with van der Waals surface area (Å²) in [4.78, 5) is 10.3. The minimum Gasteiger partial charge on any atom is -0.233 e. The van der Waals surface area contributed by atoms with Crippen molar-refractivity contribution in [1.82, 2.24) is 0 Å². The zero-order valence-corrected chi connectivity index (χ0v) is 6.45. The molecule has 12 heavy (non-hydrogen) atoms. The van der Waals surface area contributed by atoms with E-state index in [1.54, 1.807) is 6.08 Å². The molecule has 57 valence electrons. The van der Waals surface area contributed by atoms with Crippen molar-refractivity contribution in [2.24, 2.45) is 0 Å². The topological polar surface area (TPSA) is 17.1 Å². The van der Waals surface area contributed by atoms with E-state index in [-0.39, 0.29) is 0 Å². The van der Waals surface area contributed by atoms with Gasteiger partial charge in [0.2, 0.25) is 0 Å². The minimum atomic E-state index is 0.605. The Balaban J connectivity index is 2.52. The van der Waals surface area contributed by atoms with Crippen molar-refractivity contribution >= 4 is 12.0 Å². The highest BCUT2D eigenvalue weighted by molar-refractivity contribution is 5.74. The van der Waals surface area contributed by atoms with E-state index < -0.39 is 0 Å². The second kappa shape index (κ2) is 2.80. The van der Waals surface area contributed by atoms with Crippen molar-refractivity contribution in [3.05, 3.63) is 53.5 Å². The Labute approximate surface area is 71.0 Å². The van der Waals surface area contributed by atoms with E-state index in [1.165, 1.54) is 0 Å². The number of carbonyl (C=O) groups excluding carboxylic acids is 1. The minimum absolute atomic E-state index is 0.605. The number of fused-ring (bicyclic) bond motifs is 1. The molecule has 0 bridgehead atoms. The van der Waals surface area contributed by atoms with Gasteiger partial charge in [0.1, 0.15) is 5.94 Å². The Hall–Kier alpha value is -1.59. The molecule has 0 spiro atoms. The molecular formula is C11H7O. The van der Waals surface area contributed by atoms with Crippen LogP contribution in [0.5, 0.6) is 0 Å². The van der Waals surface area contributed by atoms with Gasteiger partial charge in [0.15, 0.2) is 0 Å². The molecule has 0 aliphatic heterocycles. The number of benzene rings is 1. The second-order valence-corrected chi connectivity index (χ2v) is 2.66. The summed E-state index contributed by atoms with van der Waals surface area (Å²) in [6, 6.07) is 7.93. The maximum absolute atomic E-state index is 10.3. The molecule has 0 atom stereocenters. The lowest BCUT2D eigenvalue weighted by Crippen LogP contribution is -1.94. The second-order valence-electron chi connectivity index (χ2n) is 2.66. The summed E-state index contributed by atoms with van der Waals surface area (Å²) in [5, 5.41) is 0. The highest BCUT2D eigenvalue weighted by Gasteiger charge is 2.06. The summed E-state index contributed by atoms with van der Waals surface area (Å²) >= 11 is 0. The first-order valence-electron chi connectivity index (χ1n) is 3.77. The number of rotatable bonds is 0. The van der Waals surface area contributed by atoms with Crippen LogP contribution in [0.3, 0.4) is 0 Å². The van der Waals surface area contributed by atoms with Gasteiger partial charge in [0, 0.05) is 12.0 Å². The Bertz CT molecular complexity index is 382. The van der Waals surface area contributed by atoms with Crippen LogP contribution in [0.25, 0.3) is 6.08 Å². The highest BCUT2D eigenvalue weighted by atomic mass is 16.1. The Kier molecular flexibility index (Phi) is 1.65. The molecule has 0 saturated heterocycles. The van der Waals surface area contributed by atoms with Crippen molar-refractivity contribution in [3.63, 3.8) is 0 Å². The summed E-state index contributed by atoms with van der Waals surface area (Å²) in [7, 11) is 0. The number of allylic oxidation sites excluding steroid dienone is 2. The van der Waals surface area contributed by atoms with Gasteiger partial charge in [-0.1, -0.05) is 30.3 Å². The van der Waals surface area contributed by atoms with Crippen LogP contribution < -0.4 is 0 Å². The van der Waals surface area contributed by atoms with Gasteiger partial charge in [0.05, 0.1) is 0 Å². The van der Waals surface area contributed by atoms with Crippen molar-refractivity contribution in [1.29, 1.82) is 0 Å². The van der Waals surface area contributed by atoms with E-state index in [1.807, 2.05) is 42.7 Å². The lowest BCUT2D eigenvalue weighted by atomic mass is 9.95. The van der Waals surface area contributed by atoms with Crippen LogP contribution in [0.1, 0.15) is 11.1 Å². The van der Waals surface area contributed by atoms with Crippen molar-refractivity contribution in [2.75, 3.05) is 0 Å². The fraction of sp³-hybridized carbons (Fsp3) is 0. The molecule has 0 heterocycles. The predicted molar refractivity (Wildman–Crippen MR) is 48.1 cm³/mol. The first-order chi connectivity index (χ1) is 5.90. The van der Waals surface area contributed by atoms with E-state index >= 15 is 0 Å². The van der Waals surface area contributed by atoms with Crippen LogP contribution in [0.2, 0.25) is 0 Å². The van der Waals surface area contributed by atoms with Gasteiger partial charge in [-0.2, -0.15) is 0 Å². The molecule has 1 aliphatic carbocycles. The van der Waals surface area contributed by atoms with Gasteiger partial charge in [-0.05, 0) is 17.2 Å². The Morgan fingerprint density at radius 2 is 1.75 bits per heavy atom. The lowest BCUT2D eigenvalue weighted by molar-refractivity contribution is 0.568. The zero-order chi connectivity index (χ0) is 8.39. The molecule has 0 amide bonds. The standard InChI is InChI=1S/C11H7O/c12-8-9-5-6-10-3-1-2-4-11(10)7-9/h1-7H. The van der Waals surface area contributed by atoms with Crippen LogP contribution in [0.4, 0.5) is 0 Å². The maximum atomic E-state index is 10.3. The first kappa shape index (κ1) is 7.08. The molecule has 2 rings (SSSR count). The molecule has 1 nitrogen and oxygen atoms in total. The van der Waals surface area contributed by atoms with E-state index in [4.69, 9.17) is 0 Å². The van der Waals surface area contributed by atoms with Gasteiger partial charge in [0.25, 0.3) is 0 Å². The third-order valence-electron chi connectivity index (χ3n) is 1.87. The van der Waals surface area contributed by atoms with E-state index in [9.17, 15) is 4.79 Å². The van der Waals surface area contributed by atoms with Crippen LogP contribution in [-0.2, 0) is 4.79 Å². The summed E-state index contributed by atoms with van der Waals surface area (Å²) in [5.41, 5.74) is 2.84. The van der Waals surface area contributed by atoms with Gasteiger partial charge in [-0.3, -0.25) is 0 Å². The normalized spacial score (nSPS) is 13.8. The summed E-state index contributed by atoms with van der Waals surface area (Å²) < 4.78 is 0. The van der Waals surface area contributed by atoms with Crippen LogP contribution in [-0.4, -0.2) is 5.94 Å². The molecule has 1 aliphatic rings. The van der Waals surface area contributed by atoms with Crippen LogP contribution in [0.15, 0.2) is 35.9 Å². The summed E-state index contributed by atoms with van der Waals surface area (Å²) in [6.07, 6.45) is 5.53. The molecule has 0 N–H and O–H groups in total. The van der Waals surface area contributed by atoms with E-state index in [2.05, 4.69) is 0 Å². The summed E-state index contributed by atoms with van der Waals surface area (Å²) in [5.74, 6) is 1.87.